The third kappa shape index (κ3) is 2.56. The molecule has 0 N–H and O–H groups in total. The topological polar surface area (TPSA) is 0 Å². The molecule has 2 aromatic rings. The summed E-state index contributed by atoms with van der Waals surface area (Å²) in [4.78, 5) is 0. The van der Waals surface area contributed by atoms with Gasteiger partial charge in [-0.2, -0.15) is 0 Å². The second-order valence-corrected chi connectivity index (χ2v) is 14.1. The summed E-state index contributed by atoms with van der Waals surface area (Å²) >= 11 is 0. The molecule has 8 fully saturated rings. The van der Waals surface area contributed by atoms with Crippen molar-refractivity contribution in [1.29, 1.82) is 0 Å². The van der Waals surface area contributed by atoms with Gasteiger partial charge in [-0.05, 0) is 170 Å². The molecule has 0 heterocycles. The van der Waals surface area contributed by atoms with E-state index in [1.165, 1.54) is 77.0 Å². The highest BCUT2D eigenvalue weighted by Crippen LogP contribution is 2.62. The Hall–Kier alpha value is -1.30. The summed E-state index contributed by atoms with van der Waals surface area (Å²) in [7, 11) is 0. The van der Waals surface area contributed by atoms with Gasteiger partial charge in [0.1, 0.15) is 0 Å². The van der Waals surface area contributed by atoms with Crippen LogP contribution in [0.15, 0.2) is 24.3 Å². The summed E-state index contributed by atoms with van der Waals surface area (Å²) in [5.41, 5.74) is 7.57. The van der Waals surface area contributed by atoms with Gasteiger partial charge in [0.15, 0.2) is 0 Å². The van der Waals surface area contributed by atoms with Crippen LogP contribution in [-0.4, -0.2) is 0 Å². The van der Waals surface area contributed by atoms with Crippen LogP contribution in [0.1, 0.15) is 99.3 Å². The Morgan fingerprint density at radius 3 is 1.03 bits per heavy atom. The first-order valence-corrected chi connectivity index (χ1v) is 14.0. The fourth-order valence-electron chi connectivity index (χ4n) is 11.4. The Morgan fingerprint density at radius 2 is 0.750 bits per heavy atom. The molecule has 0 aliphatic heterocycles. The Morgan fingerprint density at radius 1 is 0.469 bits per heavy atom. The van der Waals surface area contributed by atoms with Gasteiger partial charge >= 0.3 is 0 Å². The minimum Gasteiger partial charge on any atom is -0.0549 e. The maximum Gasteiger partial charge on any atom is -0.00387 e. The maximum absolute atomic E-state index is 2.67. The molecule has 8 bridgehead atoms. The van der Waals surface area contributed by atoms with E-state index in [9.17, 15) is 0 Å². The Kier molecular flexibility index (Phi) is 3.71. The highest BCUT2D eigenvalue weighted by Gasteiger charge is 2.53. The fourth-order valence-corrected chi connectivity index (χ4v) is 11.4. The molecular formula is C32H40. The number of aryl methyl sites for hydroxylation is 2. The van der Waals surface area contributed by atoms with Gasteiger partial charge in [-0.3, -0.25) is 0 Å². The summed E-state index contributed by atoms with van der Waals surface area (Å²) < 4.78 is 0. The van der Waals surface area contributed by atoms with E-state index in [1.807, 2.05) is 0 Å². The molecule has 8 saturated carbocycles. The monoisotopic (exact) mass is 424 g/mol. The van der Waals surface area contributed by atoms with Gasteiger partial charge in [0.05, 0.1) is 0 Å². The standard InChI is InChI=1S/C32H40/c1-19-3-27(31-13-21-5-22(14-31)7-23(6-21)15-31)12-30-20(2)4-28(11-29(19)30)32-16-24-8-25(17-32)10-26(9-24)18-32/h3-4,11-12,21-26H,5-10,13-18H2,1-2H3. The molecule has 0 heteroatoms. The maximum atomic E-state index is 2.67. The lowest BCUT2D eigenvalue weighted by Crippen LogP contribution is -2.48. The highest BCUT2D eigenvalue weighted by atomic mass is 14.6. The van der Waals surface area contributed by atoms with E-state index in [4.69, 9.17) is 0 Å². The summed E-state index contributed by atoms with van der Waals surface area (Å²) in [6, 6.07) is 10.7. The van der Waals surface area contributed by atoms with Crippen LogP contribution in [0.5, 0.6) is 0 Å². The second-order valence-electron chi connectivity index (χ2n) is 14.1. The zero-order chi connectivity index (χ0) is 21.2. The van der Waals surface area contributed by atoms with Crippen LogP contribution in [-0.2, 0) is 10.8 Å². The molecule has 0 radical (unpaired) electrons. The summed E-state index contributed by atoms with van der Waals surface area (Å²) in [5, 5.41) is 3.15. The van der Waals surface area contributed by atoms with Crippen LogP contribution in [0.2, 0.25) is 0 Å². The molecule has 0 saturated heterocycles. The molecule has 8 aliphatic rings. The van der Waals surface area contributed by atoms with Crippen LogP contribution < -0.4 is 0 Å². The Labute approximate surface area is 194 Å². The third-order valence-electron chi connectivity index (χ3n) is 11.8. The number of fused-ring (bicyclic) bond motifs is 1. The fraction of sp³-hybridized carbons (Fsp3) is 0.688. The molecule has 32 heavy (non-hydrogen) atoms. The molecule has 10 rings (SSSR count). The minimum atomic E-state index is 0.513. The van der Waals surface area contributed by atoms with Crippen molar-refractivity contribution in [2.45, 2.75) is 102 Å². The van der Waals surface area contributed by atoms with Crippen molar-refractivity contribution in [2.75, 3.05) is 0 Å². The SMILES string of the molecule is Cc1cc(C23CC4CC(CC(C4)C2)C3)cc2c(C)cc(C34CC5CC(CC(C5)C3)C4)cc12. The zero-order valence-corrected chi connectivity index (χ0v) is 20.3. The molecule has 0 unspecified atom stereocenters. The van der Waals surface area contributed by atoms with E-state index in [-0.39, 0.29) is 0 Å². The van der Waals surface area contributed by atoms with Crippen molar-refractivity contribution in [1.82, 2.24) is 0 Å². The number of benzene rings is 2. The van der Waals surface area contributed by atoms with E-state index in [0.29, 0.717) is 10.8 Å². The largest absolute Gasteiger partial charge is 0.0549 e. The lowest BCUT2D eigenvalue weighted by atomic mass is 9.47. The molecule has 0 atom stereocenters. The Bertz CT molecular complexity index is 957. The number of rotatable bonds is 2. The van der Waals surface area contributed by atoms with Gasteiger partial charge in [-0.25, -0.2) is 0 Å². The summed E-state index contributed by atoms with van der Waals surface area (Å²) in [5.74, 6) is 6.15. The average Bonchev–Trinajstić information content (AvgIpc) is 2.72. The van der Waals surface area contributed by atoms with Crippen LogP contribution >= 0.6 is 0 Å². The molecule has 8 aliphatic carbocycles. The minimum absolute atomic E-state index is 0.513. The zero-order valence-electron chi connectivity index (χ0n) is 20.3. The molecule has 0 nitrogen and oxygen atoms in total. The predicted octanol–water partition coefficient (Wildman–Crippen LogP) is 8.39. The number of hydrogen-bond acceptors (Lipinski definition) is 0. The van der Waals surface area contributed by atoms with E-state index in [0.717, 1.165) is 35.5 Å². The van der Waals surface area contributed by atoms with Gasteiger partial charge in [0.25, 0.3) is 0 Å². The molecule has 0 aromatic heterocycles. The van der Waals surface area contributed by atoms with Crippen molar-refractivity contribution in [3.05, 3.63) is 46.5 Å². The van der Waals surface area contributed by atoms with Crippen molar-refractivity contribution < 1.29 is 0 Å². The predicted molar refractivity (Wildman–Crippen MR) is 133 cm³/mol. The highest BCUT2D eigenvalue weighted by molar-refractivity contribution is 5.90. The molecular weight excluding hydrogens is 384 g/mol. The third-order valence-corrected chi connectivity index (χ3v) is 11.8. The lowest BCUT2D eigenvalue weighted by Gasteiger charge is -2.57. The van der Waals surface area contributed by atoms with E-state index >= 15 is 0 Å². The van der Waals surface area contributed by atoms with Crippen LogP contribution in [0.25, 0.3) is 10.8 Å². The molecule has 168 valence electrons. The summed E-state index contributed by atoms with van der Waals surface area (Å²) in [6.45, 7) is 4.85. The van der Waals surface area contributed by atoms with Gasteiger partial charge in [-0.15, -0.1) is 0 Å². The Balaban J connectivity index is 1.23. The van der Waals surface area contributed by atoms with Gasteiger partial charge in [-0.1, -0.05) is 24.3 Å². The molecule has 0 spiro atoms. The second kappa shape index (κ2) is 6.22. The van der Waals surface area contributed by atoms with E-state index < -0.39 is 0 Å². The van der Waals surface area contributed by atoms with Gasteiger partial charge in [0.2, 0.25) is 0 Å². The van der Waals surface area contributed by atoms with Crippen molar-refractivity contribution in [3.63, 3.8) is 0 Å². The first kappa shape index (κ1) is 19.1. The van der Waals surface area contributed by atoms with Crippen molar-refractivity contribution >= 4 is 10.8 Å². The lowest BCUT2D eigenvalue weighted by molar-refractivity contribution is -0.00539. The molecule has 0 amide bonds. The first-order valence-electron chi connectivity index (χ1n) is 14.0. The van der Waals surface area contributed by atoms with Crippen LogP contribution in [0.3, 0.4) is 0 Å². The molecule has 2 aromatic carbocycles. The first-order chi connectivity index (χ1) is 15.5. The summed E-state index contributed by atoms with van der Waals surface area (Å²) in [6.07, 6.45) is 18.1. The van der Waals surface area contributed by atoms with E-state index in [2.05, 4.69) is 38.1 Å². The van der Waals surface area contributed by atoms with Crippen molar-refractivity contribution in [3.8, 4) is 0 Å². The quantitative estimate of drug-likeness (QED) is 0.454. The number of hydrogen-bond donors (Lipinski definition) is 0. The smallest absolute Gasteiger partial charge is 0.00387 e. The van der Waals surface area contributed by atoms with Crippen molar-refractivity contribution in [2.24, 2.45) is 35.5 Å². The normalized spacial score (nSPS) is 45.8. The van der Waals surface area contributed by atoms with Crippen LogP contribution in [0.4, 0.5) is 0 Å². The van der Waals surface area contributed by atoms with E-state index in [1.54, 1.807) is 33.0 Å². The van der Waals surface area contributed by atoms with Gasteiger partial charge < -0.3 is 0 Å². The van der Waals surface area contributed by atoms with Gasteiger partial charge in [0, 0.05) is 0 Å². The average molecular weight is 425 g/mol. The van der Waals surface area contributed by atoms with Crippen LogP contribution in [0, 0.1) is 49.4 Å².